The summed E-state index contributed by atoms with van der Waals surface area (Å²) in [7, 11) is 0. The van der Waals surface area contributed by atoms with Crippen molar-refractivity contribution in [3.8, 4) is 0 Å². The van der Waals surface area contributed by atoms with E-state index in [9.17, 15) is 22.4 Å². The van der Waals surface area contributed by atoms with Crippen LogP contribution in [0.15, 0.2) is 54.9 Å². The maximum atomic E-state index is 12.9. The van der Waals surface area contributed by atoms with Gasteiger partial charge in [-0.2, -0.15) is 13.2 Å². The third kappa shape index (κ3) is 7.67. The predicted molar refractivity (Wildman–Crippen MR) is 113 cm³/mol. The molecule has 3 rings (SSSR count). The fraction of sp³-hybridized carbons (Fsp3) is 0.143. The molecule has 1 aromatic carbocycles. The molecular weight excluding hydrogens is 428 g/mol. The average Bonchev–Trinajstić information content (AvgIpc) is 2.73. The number of halogens is 4. The Kier molecular flexibility index (Phi) is 8.63. The summed E-state index contributed by atoms with van der Waals surface area (Å²) < 4.78 is 41.9. The van der Waals surface area contributed by atoms with Gasteiger partial charge in [0.05, 0.1) is 5.71 Å². The lowest BCUT2D eigenvalue weighted by molar-refractivity contribution is 0.00819. The monoisotopic (exact) mass is 448 g/mol. The Morgan fingerprint density at radius 3 is 2.38 bits per heavy atom. The van der Waals surface area contributed by atoms with E-state index in [0.29, 0.717) is 16.8 Å². The maximum Gasteiger partial charge on any atom is 0.379 e. The number of benzene rings is 1. The molecule has 11 heteroatoms. The summed E-state index contributed by atoms with van der Waals surface area (Å²) in [6.45, 7) is -1.58. The maximum absolute atomic E-state index is 12.9. The summed E-state index contributed by atoms with van der Waals surface area (Å²) in [5, 5.41) is 13.6. The summed E-state index contributed by atoms with van der Waals surface area (Å²) in [5.41, 5.74) is 9.30. The van der Waals surface area contributed by atoms with E-state index in [1.54, 1.807) is 30.5 Å². The molecule has 0 saturated heterocycles. The van der Waals surface area contributed by atoms with Crippen molar-refractivity contribution in [3.63, 3.8) is 0 Å². The Labute approximate surface area is 181 Å². The Bertz CT molecular complexity index is 1070. The highest BCUT2D eigenvalue weighted by Crippen LogP contribution is 2.19. The van der Waals surface area contributed by atoms with E-state index in [2.05, 4.69) is 20.6 Å². The van der Waals surface area contributed by atoms with E-state index in [-0.39, 0.29) is 23.9 Å². The molecule has 0 aliphatic heterocycles. The lowest BCUT2D eigenvalue weighted by Gasteiger charge is -2.11. The number of nitrogens with two attached hydrogens (primary N) is 1. The van der Waals surface area contributed by atoms with Gasteiger partial charge in [-0.25, -0.2) is 14.2 Å². The van der Waals surface area contributed by atoms with Crippen molar-refractivity contribution in [2.24, 2.45) is 0 Å². The van der Waals surface area contributed by atoms with Gasteiger partial charge in [0.2, 0.25) is 0 Å². The molecule has 0 fully saturated rings. The number of carbonyl (C=O) groups excluding carboxylic acids is 1. The second-order valence-corrected chi connectivity index (χ2v) is 6.40. The molecule has 7 nitrogen and oxygen atoms in total. The molecule has 0 atom stereocenters. The fourth-order valence-corrected chi connectivity index (χ4v) is 2.55. The van der Waals surface area contributed by atoms with Crippen molar-refractivity contribution in [1.82, 2.24) is 15.3 Å². The van der Waals surface area contributed by atoms with Gasteiger partial charge in [-0.3, -0.25) is 15.7 Å². The molecule has 2 amide bonds. The van der Waals surface area contributed by atoms with Crippen molar-refractivity contribution in [2.75, 3.05) is 11.1 Å². The normalized spacial score (nSPS) is 10.2. The molecule has 168 valence electrons. The van der Waals surface area contributed by atoms with Crippen molar-refractivity contribution in [3.05, 3.63) is 83.1 Å². The molecule has 0 saturated carbocycles. The minimum atomic E-state index is -3.67. The number of nitrogens with one attached hydrogen (secondary N) is 3. The number of hydrogen-bond acceptors (Lipinski definition) is 5. The van der Waals surface area contributed by atoms with Crippen LogP contribution in [0.5, 0.6) is 0 Å². The predicted octanol–water partition coefficient (Wildman–Crippen LogP) is 4.42. The minimum Gasteiger partial charge on any atom is -0.398 e. The zero-order chi connectivity index (χ0) is 23.7. The van der Waals surface area contributed by atoms with E-state index in [1.165, 1.54) is 24.4 Å². The molecule has 0 unspecified atom stereocenters. The Morgan fingerprint density at radius 2 is 1.78 bits per heavy atom. The number of aryl methyl sites for hydroxylation is 1. The Balaban J connectivity index is 0.000000837. The van der Waals surface area contributed by atoms with Crippen molar-refractivity contribution >= 4 is 23.2 Å². The summed E-state index contributed by atoms with van der Waals surface area (Å²) in [6.07, 6.45) is 3.08. The van der Waals surface area contributed by atoms with Gasteiger partial charge in [0.15, 0.2) is 0 Å². The number of amides is 2. The van der Waals surface area contributed by atoms with Gasteiger partial charge in [-0.15, -0.1) is 0 Å². The first-order chi connectivity index (χ1) is 15.2. The molecule has 0 radical (unpaired) electrons. The van der Waals surface area contributed by atoms with Gasteiger partial charge in [-0.05, 0) is 36.8 Å². The number of rotatable bonds is 5. The summed E-state index contributed by atoms with van der Waals surface area (Å²) in [5.74, 6) is -0.0722. The first-order valence-corrected chi connectivity index (χ1v) is 9.14. The molecule has 2 aromatic heterocycles. The zero-order valence-electron chi connectivity index (χ0n) is 16.9. The number of urea groups is 1. The van der Waals surface area contributed by atoms with Crippen LogP contribution in [0.1, 0.15) is 22.4 Å². The number of hydrogen-bond donors (Lipinski definition) is 4. The smallest absolute Gasteiger partial charge is 0.379 e. The topological polar surface area (TPSA) is 117 Å². The number of nitrogens with zero attached hydrogens (tertiary/aromatic N) is 2. The summed E-state index contributed by atoms with van der Waals surface area (Å²) >= 11 is 0. The van der Waals surface area contributed by atoms with Crippen molar-refractivity contribution < 1.29 is 22.4 Å². The van der Waals surface area contributed by atoms with Gasteiger partial charge in [0, 0.05) is 47.5 Å². The van der Waals surface area contributed by atoms with Gasteiger partial charge in [-0.1, -0.05) is 12.1 Å². The second kappa shape index (κ2) is 11.4. The van der Waals surface area contributed by atoms with E-state index in [4.69, 9.17) is 11.1 Å². The molecule has 3 aromatic rings. The number of carbonyl (C=O) groups is 1. The largest absolute Gasteiger partial charge is 0.398 e. The number of alkyl halides is 3. The fourth-order valence-electron chi connectivity index (χ4n) is 2.55. The molecule has 32 heavy (non-hydrogen) atoms. The first kappa shape index (κ1) is 24.3. The number of nitrogen functional groups attached to an aromatic ring is 1. The van der Waals surface area contributed by atoms with Crippen LogP contribution in [-0.4, -0.2) is 28.4 Å². The molecule has 0 bridgehead atoms. The zero-order valence-corrected chi connectivity index (χ0v) is 16.9. The summed E-state index contributed by atoms with van der Waals surface area (Å²) in [6, 6.07) is 10.4. The lowest BCUT2D eigenvalue weighted by atomic mass is 10.0. The van der Waals surface area contributed by atoms with Gasteiger partial charge in [0.25, 0.3) is 0 Å². The van der Waals surface area contributed by atoms with Crippen molar-refractivity contribution in [1.29, 1.82) is 5.41 Å². The Morgan fingerprint density at radius 1 is 1.12 bits per heavy atom. The van der Waals surface area contributed by atoms with Crippen LogP contribution in [0.2, 0.25) is 0 Å². The molecule has 5 N–H and O–H groups in total. The van der Waals surface area contributed by atoms with Gasteiger partial charge < -0.3 is 11.1 Å². The van der Waals surface area contributed by atoms with Crippen LogP contribution in [0.3, 0.4) is 0 Å². The first-order valence-electron chi connectivity index (χ1n) is 9.14. The SMILES string of the molecule is Cc1cc(C(=N)c2cnc(NC(=O)NCc3ccc(F)cc3)cc2N)ccn1.FC(F)F. The standard InChI is InChI=1S/C20H19FN6O.CHF3/c1-12-8-14(6-7-24-12)19(23)16-11-25-18(9-17(16)22)27-20(28)26-10-13-2-4-15(21)5-3-13;2-1(3)4/h2-9,11,23H,10H2,1H3,(H4,22,25,26,27,28);1H. The van der Waals surface area contributed by atoms with Gasteiger partial charge in [0.1, 0.15) is 11.6 Å². The van der Waals surface area contributed by atoms with E-state index in [1.807, 2.05) is 6.92 Å². The highest BCUT2D eigenvalue weighted by Gasteiger charge is 2.12. The summed E-state index contributed by atoms with van der Waals surface area (Å²) in [4.78, 5) is 20.3. The van der Waals surface area contributed by atoms with Gasteiger partial charge >= 0.3 is 12.7 Å². The highest BCUT2D eigenvalue weighted by atomic mass is 19.4. The minimum absolute atomic E-state index is 0.225. The molecule has 0 aliphatic carbocycles. The third-order valence-electron chi connectivity index (χ3n) is 4.00. The van der Waals surface area contributed by atoms with Crippen LogP contribution < -0.4 is 16.4 Å². The van der Waals surface area contributed by atoms with Crippen LogP contribution in [0.4, 0.5) is 33.9 Å². The average molecular weight is 448 g/mol. The quantitative estimate of drug-likeness (QED) is 0.341. The molecule has 0 spiro atoms. The third-order valence-corrected chi connectivity index (χ3v) is 4.00. The number of aromatic nitrogens is 2. The number of pyridine rings is 2. The van der Waals surface area contributed by atoms with Crippen LogP contribution >= 0.6 is 0 Å². The van der Waals surface area contributed by atoms with E-state index < -0.39 is 12.7 Å². The van der Waals surface area contributed by atoms with Crippen molar-refractivity contribution in [2.45, 2.75) is 20.1 Å². The van der Waals surface area contributed by atoms with E-state index >= 15 is 0 Å². The molecule has 2 heterocycles. The highest BCUT2D eigenvalue weighted by molar-refractivity contribution is 6.13. The Hall–Kier alpha value is -4.02. The lowest BCUT2D eigenvalue weighted by Crippen LogP contribution is -2.28. The van der Waals surface area contributed by atoms with Crippen LogP contribution in [0.25, 0.3) is 0 Å². The second-order valence-electron chi connectivity index (χ2n) is 6.40. The van der Waals surface area contributed by atoms with E-state index in [0.717, 1.165) is 11.3 Å². The van der Waals surface area contributed by atoms with Crippen LogP contribution in [0, 0.1) is 18.2 Å². The van der Waals surface area contributed by atoms with Crippen LogP contribution in [-0.2, 0) is 6.54 Å². The number of anilines is 2. The molecular formula is C21H20F4N6O. The molecule has 0 aliphatic rings.